The Hall–Kier alpha value is 0.400. The monoisotopic (exact) mass is 214 g/mol. The maximum absolute atomic E-state index is 11.7. The molecule has 2 atom stereocenters. The Morgan fingerprint density at radius 2 is 2.42 bits per heavy atom. The summed E-state index contributed by atoms with van der Waals surface area (Å²) in [6.07, 6.45) is 0. The van der Waals surface area contributed by atoms with Crippen molar-refractivity contribution >= 4 is 19.2 Å². The van der Waals surface area contributed by atoms with Gasteiger partial charge in [0.1, 0.15) is 0 Å². The lowest BCUT2D eigenvalue weighted by molar-refractivity contribution is 0.0197. The Morgan fingerprint density at radius 3 is 3.00 bits per heavy atom. The zero-order chi connectivity index (χ0) is 9.03. The number of rotatable bonds is 3. The summed E-state index contributed by atoms with van der Waals surface area (Å²) in [6, 6.07) is 0. The summed E-state index contributed by atoms with van der Waals surface area (Å²) in [7, 11) is -3.03. The quantitative estimate of drug-likeness (QED) is 0.531. The highest BCUT2D eigenvalue weighted by Crippen LogP contribution is 2.54. The number of alkyl halides is 1. The van der Waals surface area contributed by atoms with Gasteiger partial charge in [-0.05, 0) is 6.92 Å². The normalized spacial score (nSPS) is 36.7. The molecule has 72 valence electrons. The molecule has 0 bridgehead atoms. The third-order valence-electron chi connectivity index (χ3n) is 1.51. The second kappa shape index (κ2) is 4.58. The Balaban J connectivity index is 2.48. The molecule has 0 spiro atoms. The molecule has 4 nitrogen and oxygen atoms in total. The van der Waals surface area contributed by atoms with Crippen molar-refractivity contribution in [3.63, 3.8) is 0 Å². The van der Waals surface area contributed by atoms with Crippen molar-refractivity contribution in [2.75, 3.05) is 25.7 Å². The van der Waals surface area contributed by atoms with Crippen LogP contribution in [0, 0.1) is 0 Å². The van der Waals surface area contributed by atoms with E-state index in [1.165, 1.54) is 0 Å². The molecule has 0 aromatic carbocycles. The first-order valence-corrected chi connectivity index (χ1v) is 5.90. The zero-order valence-electron chi connectivity index (χ0n) is 6.86. The molecular weight excluding hydrogens is 202 g/mol. The van der Waals surface area contributed by atoms with Gasteiger partial charge in [0.15, 0.2) is 5.85 Å². The van der Waals surface area contributed by atoms with E-state index in [0.29, 0.717) is 19.1 Å². The van der Waals surface area contributed by atoms with Crippen molar-refractivity contribution in [2.45, 2.75) is 12.8 Å². The van der Waals surface area contributed by atoms with E-state index in [1.54, 1.807) is 6.92 Å². The molecule has 1 fully saturated rings. The van der Waals surface area contributed by atoms with Gasteiger partial charge in [-0.2, -0.15) is 0 Å². The second-order valence-corrected chi connectivity index (χ2v) is 5.07. The highest BCUT2D eigenvalue weighted by Gasteiger charge is 2.36. The molecule has 1 aliphatic rings. The molecule has 0 saturated carbocycles. The van der Waals surface area contributed by atoms with Gasteiger partial charge in [-0.3, -0.25) is 4.57 Å². The van der Waals surface area contributed by atoms with E-state index in [0.717, 1.165) is 0 Å². The Morgan fingerprint density at radius 1 is 1.67 bits per heavy atom. The fourth-order valence-electron chi connectivity index (χ4n) is 0.883. The van der Waals surface area contributed by atoms with Crippen LogP contribution in [0.25, 0.3) is 0 Å². The SMILES string of the molecule is C[C@H]1OCCO[P@@]1(=O)OCCCl. The van der Waals surface area contributed by atoms with Gasteiger partial charge in [0.05, 0.1) is 19.8 Å². The summed E-state index contributed by atoms with van der Waals surface area (Å²) < 4.78 is 26.9. The number of halogens is 1. The van der Waals surface area contributed by atoms with E-state index in [9.17, 15) is 4.57 Å². The molecule has 1 heterocycles. The summed E-state index contributed by atoms with van der Waals surface area (Å²) in [5.41, 5.74) is 0. The molecule has 0 unspecified atom stereocenters. The minimum atomic E-state index is -3.03. The highest BCUT2D eigenvalue weighted by molar-refractivity contribution is 7.54. The van der Waals surface area contributed by atoms with Crippen LogP contribution >= 0.6 is 19.2 Å². The lowest BCUT2D eigenvalue weighted by Gasteiger charge is -2.28. The second-order valence-electron chi connectivity index (χ2n) is 2.37. The molecular formula is C6H12ClO4P. The fraction of sp³-hybridized carbons (Fsp3) is 1.00. The summed E-state index contributed by atoms with van der Waals surface area (Å²) in [4.78, 5) is 0. The predicted molar refractivity (Wildman–Crippen MR) is 45.6 cm³/mol. The first-order chi connectivity index (χ1) is 5.69. The van der Waals surface area contributed by atoms with Crippen LogP contribution in [0.15, 0.2) is 0 Å². The van der Waals surface area contributed by atoms with Crippen LogP contribution in [0.3, 0.4) is 0 Å². The summed E-state index contributed by atoms with van der Waals surface area (Å²) in [5.74, 6) is -0.172. The molecule has 12 heavy (non-hydrogen) atoms. The average Bonchev–Trinajstić information content (AvgIpc) is 2.07. The van der Waals surface area contributed by atoms with Crippen molar-refractivity contribution in [2.24, 2.45) is 0 Å². The maximum Gasteiger partial charge on any atom is 0.358 e. The zero-order valence-corrected chi connectivity index (χ0v) is 8.51. The van der Waals surface area contributed by atoms with Crippen LogP contribution in [0.5, 0.6) is 0 Å². The molecule has 0 amide bonds. The van der Waals surface area contributed by atoms with Crippen molar-refractivity contribution in [1.82, 2.24) is 0 Å². The molecule has 0 aliphatic carbocycles. The van der Waals surface area contributed by atoms with Gasteiger partial charge in [-0.15, -0.1) is 11.6 Å². The molecule has 6 heteroatoms. The van der Waals surface area contributed by atoms with Gasteiger partial charge >= 0.3 is 7.60 Å². The topological polar surface area (TPSA) is 44.8 Å². The fourth-order valence-corrected chi connectivity index (χ4v) is 2.53. The van der Waals surface area contributed by atoms with Crippen LogP contribution in [0.2, 0.25) is 0 Å². The minimum Gasteiger partial charge on any atom is -0.363 e. The molecule has 0 N–H and O–H groups in total. The van der Waals surface area contributed by atoms with E-state index < -0.39 is 13.4 Å². The average molecular weight is 215 g/mol. The maximum atomic E-state index is 11.7. The Kier molecular flexibility index (Phi) is 4.00. The summed E-state index contributed by atoms with van der Waals surface area (Å²) in [6.45, 7) is 2.69. The third-order valence-corrected chi connectivity index (χ3v) is 3.79. The van der Waals surface area contributed by atoms with E-state index in [2.05, 4.69) is 0 Å². The molecule has 0 radical (unpaired) electrons. The van der Waals surface area contributed by atoms with Crippen LogP contribution in [0.1, 0.15) is 6.92 Å². The van der Waals surface area contributed by atoms with Crippen LogP contribution in [-0.2, 0) is 18.3 Å². The lowest BCUT2D eigenvalue weighted by atomic mass is 10.7. The summed E-state index contributed by atoms with van der Waals surface area (Å²) >= 11 is 5.39. The molecule has 1 aliphatic heterocycles. The van der Waals surface area contributed by atoms with Crippen LogP contribution in [0.4, 0.5) is 0 Å². The number of hydrogen-bond acceptors (Lipinski definition) is 4. The van der Waals surface area contributed by atoms with Crippen molar-refractivity contribution in [3.05, 3.63) is 0 Å². The van der Waals surface area contributed by atoms with E-state index >= 15 is 0 Å². The van der Waals surface area contributed by atoms with Gasteiger partial charge in [-0.25, -0.2) is 0 Å². The summed E-state index contributed by atoms with van der Waals surface area (Å²) in [5, 5.41) is 0. The first-order valence-electron chi connectivity index (χ1n) is 3.75. The largest absolute Gasteiger partial charge is 0.363 e. The molecule has 1 saturated heterocycles. The van der Waals surface area contributed by atoms with Gasteiger partial charge in [-0.1, -0.05) is 0 Å². The van der Waals surface area contributed by atoms with E-state index in [-0.39, 0.29) is 6.61 Å². The van der Waals surface area contributed by atoms with Gasteiger partial charge in [0.2, 0.25) is 0 Å². The molecule has 0 aromatic rings. The highest BCUT2D eigenvalue weighted by atomic mass is 35.5. The van der Waals surface area contributed by atoms with Crippen molar-refractivity contribution in [3.8, 4) is 0 Å². The van der Waals surface area contributed by atoms with Crippen LogP contribution < -0.4 is 0 Å². The Bertz CT molecular complexity index is 186. The standard InChI is InChI=1S/C6H12ClO4P/c1-6-9-4-5-11-12(6,8)10-3-2-7/h6H,2-5H2,1H3/t6-,12-/m0/s1. The van der Waals surface area contributed by atoms with Gasteiger partial charge in [0, 0.05) is 5.88 Å². The van der Waals surface area contributed by atoms with Gasteiger partial charge < -0.3 is 13.8 Å². The van der Waals surface area contributed by atoms with Crippen molar-refractivity contribution in [1.29, 1.82) is 0 Å². The lowest BCUT2D eigenvalue weighted by Crippen LogP contribution is -2.22. The minimum absolute atomic E-state index is 0.229. The Labute approximate surface area is 76.7 Å². The number of ether oxygens (including phenoxy) is 1. The molecule has 0 aromatic heterocycles. The van der Waals surface area contributed by atoms with Crippen LogP contribution in [-0.4, -0.2) is 31.5 Å². The van der Waals surface area contributed by atoms with E-state index in [4.69, 9.17) is 25.4 Å². The third kappa shape index (κ3) is 2.44. The first kappa shape index (κ1) is 10.5. The van der Waals surface area contributed by atoms with E-state index in [1.807, 2.05) is 0 Å². The van der Waals surface area contributed by atoms with Crippen molar-refractivity contribution < 1.29 is 18.3 Å². The van der Waals surface area contributed by atoms with Gasteiger partial charge in [0.25, 0.3) is 0 Å². The molecule has 1 rings (SSSR count). The number of hydrogen-bond donors (Lipinski definition) is 0. The predicted octanol–water partition coefficient (Wildman–Crippen LogP) is 1.83. The smallest absolute Gasteiger partial charge is 0.358 e.